The minimum absolute atomic E-state index is 0.202. The highest BCUT2D eigenvalue weighted by Gasteiger charge is 2.27. The normalized spacial score (nSPS) is 11.1. The number of rotatable bonds is 4. The molecule has 6 aromatic rings. The van der Waals surface area contributed by atoms with Crippen LogP contribution in [0.3, 0.4) is 0 Å². The molecule has 0 unspecified atom stereocenters. The van der Waals surface area contributed by atoms with Crippen LogP contribution >= 0.6 is 11.6 Å². The highest BCUT2D eigenvalue weighted by molar-refractivity contribution is 6.30. The van der Waals surface area contributed by atoms with Crippen LogP contribution in [-0.2, 0) is 0 Å². The van der Waals surface area contributed by atoms with Crippen LogP contribution in [0, 0.1) is 11.3 Å². The van der Waals surface area contributed by atoms with Crippen LogP contribution in [0.1, 0.15) is 21.6 Å². The topological polar surface area (TPSA) is 72.4 Å². The van der Waals surface area contributed by atoms with Gasteiger partial charge in [0.15, 0.2) is 0 Å². The van der Waals surface area contributed by atoms with Crippen molar-refractivity contribution in [2.45, 2.75) is 0 Å². The zero-order valence-electron chi connectivity index (χ0n) is 18.5. The number of fused-ring (bicyclic) bond motifs is 2. The fourth-order valence-corrected chi connectivity index (χ4v) is 4.85. The molecule has 0 saturated carbocycles. The number of hydrogen-bond acceptors (Lipinski definition) is 2. The first kappa shape index (κ1) is 21.0. The van der Waals surface area contributed by atoms with Gasteiger partial charge in [-0.1, -0.05) is 72.3 Å². The predicted octanol–water partition coefficient (Wildman–Crippen LogP) is 7.74. The van der Waals surface area contributed by atoms with Gasteiger partial charge >= 0.3 is 0 Å². The summed E-state index contributed by atoms with van der Waals surface area (Å²) in [4.78, 5) is 20.4. The number of nitriles is 1. The van der Waals surface area contributed by atoms with Crippen molar-refractivity contribution >= 4 is 39.1 Å². The molecule has 166 valence electrons. The molecule has 0 aliphatic rings. The molecule has 0 spiro atoms. The summed E-state index contributed by atoms with van der Waals surface area (Å²) in [7, 11) is 0. The molecule has 4 aromatic carbocycles. The molecule has 2 heterocycles. The van der Waals surface area contributed by atoms with Crippen molar-refractivity contribution < 1.29 is 4.79 Å². The second kappa shape index (κ2) is 8.32. The summed E-state index contributed by atoms with van der Waals surface area (Å²) >= 11 is 6.06. The number of nitrogens with zero attached hydrogens (tertiary/aromatic N) is 1. The van der Waals surface area contributed by atoms with E-state index in [0.717, 1.165) is 32.8 Å². The van der Waals surface area contributed by atoms with Crippen LogP contribution in [0.25, 0.3) is 44.1 Å². The maximum Gasteiger partial charge on any atom is 0.209 e. The van der Waals surface area contributed by atoms with Crippen molar-refractivity contribution in [2.75, 3.05) is 0 Å². The Bertz CT molecular complexity index is 1780. The highest BCUT2D eigenvalue weighted by Crippen LogP contribution is 2.41. The second-order valence-corrected chi connectivity index (χ2v) is 8.78. The third kappa shape index (κ3) is 3.42. The van der Waals surface area contributed by atoms with Crippen molar-refractivity contribution in [3.8, 4) is 28.5 Å². The molecule has 0 aliphatic carbocycles. The van der Waals surface area contributed by atoms with Crippen LogP contribution in [0.15, 0.2) is 97.2 Å². The van der Waals surface area contributed by atoms with Gasteiger partial charge in [-0.15, -0.1) is 0 Å². The zero-order chi connectivity index (χ0) is 23.9. The lowest BCUT2D eigenvalue weighted by atomic mass is 9.92. The molecule has 35 heavy (non-hydrogen) atoms. The van der Waals surface area contributed by atoms with Gasteiger partial charge in [0, 0.05) is 38.8 Å². The van der Waals surface area contributed by atoms with Gasteiger partial charge in [-0.3, -0.25) is 4.79 Å². The van der Waals surface area contributed by atoms with Crippen molar-refractivity contribution in [3.05, 3.63) is 119 Å². The first-order valence-corrected chi connectivity index (χ1v) is 11.5. The minimum atomic E-state index is -0.202. The Hall–Kier alpha value is -4.59. The Labute approximate surface area is 206 Å². The summed E-state index contributed by atoms with van der Waals surface area (Å²) in [5.41, 5.74) is 5.15. The van der Waals surface area contributed by atoms with Crippen molar-refractivity contribution in [2.24, 2.45) is 0 Å². The monoisotopic (exact) mass is 471 g/mol. The molecule has 2 N–H and O–H groups in total. The Balaban J connectivity index is 1.68. The van der Waals surface area contributed by atoms with E-state index in [2.05, 4.69) is 16.0 Å². The van der Waals surface area contributed by atoms with E-state index in [4.69, 9.17) is 11.6 Å². The lowest BCUT2D eigenvalue weighted by Crippen LogP contribution is -2.04. The lowest BCUT2D eigenvalue weighted by molar-refractivity contribution is 0.103. The van der Waals surface area contributed by atoms with Crippen LogP contribution in [0.4, 0.5) is 0 Å². The van der Waals surface area contributed by atoms with Gasteiger partial charge < -0.3 is 9.97 Å². The maximum atomic E-state index is 13.8. The molecular weight excluding hydrogens is 454 g/mol. The number of H-pyrrole nitrogens is 2. The molecule has 6 rings (SSSR count). The summed E-state index contributed by atoms with van der Waals surface area (Å²) < 4.78 is 0. The van der Waals surface area contributed by atoms with Crippen LogP contribution in [0.5, 0.6) is 0 Å². The fourth-order valence-electron chi connectivity index (χ4n) is 4.72. The van der Waals surface area contributed by atoms with E-state index in [9.17, 15) is 10.1 Å². The number of para-hydroxylation sites is 1. The number of aromatic amines is 2. The Morgan fingerprint density at radius 2 is 1.51 bits per heavy atom. The van der Waals surface area contributed by atoms with E-state index in [-0.39, 0.29) is 5.78 Å². The number of aromatic nitrogens is 2. The molecule has 0 aliphatic heterocycles. The van der Waals surface area contributed by atoms with Gasteiger partial charge in [0.1, 0.15) is 6.07 Å². The molecule has 0 fully saturated rings. The van der Waals surface area contributed by atoms with Gasteiger partial charge in [-0.25, -0.2) is 0 Å². The first-order valence-electron chi connectivity index (χ1n) is 11.2. The standard InChI is InChI=1S/C30H18ClN3O/c31-20-14-12-19(13-15-20)30(35)29-27(23-10-5-7-18-6-1-2-8-21(18)23)24(16-32)28(34-29)25-17-33-26-11-4-3-9-22(25)26/h1-15,17,33-34H. The molecule has 5 heteroatoms. The molecule has 0 radical (unpaired) electrons. The fraction of sp³-hybridized carbons (Fsp3) is 0. The molecule has 2 aromatic heterocycles. The third-order valence-corrected chi connectivity index (χ3v) is 6.61. The summed E-state index contributed by atoms with van der Waals surface area (Å²) in [6, 6.07) is 31.0. The van der Waals surface area contributed by atoms with E-state index >= 15 is 0 Å². The van der Waals surface area contributed by atoms with Crippen molar-refractivity contribution in [1.82, 2.24) is 9.97 Å². The molecule has 0 atom stereocenters. The Morgan fingerprint density at radius 3 is 2.31 bits per heavy atom. The number of halogens is 1. The Morgan fingerprint density at radius 1 is 0.800 bits per heavy atom. The van der Waals surface area contributed by atoms with E-state index in [1.54, 1.807) is 24.3 Å². The van der Waals surface area contributed by atoms with E-state index in [0.29, 0.717) is 33.1 Å². The zero-order valence-corrected chi connectivity index (χ0v) is 19.2. The molecular formula is C30H18ClN3O. The summed E-state index contributed by atoms with van der Waals surface area (Å²) in [6.07, 6.45) is 1.88. The predicted molar refractivity (Wildman–Crippen MR) is 141 cm³/mol. The SMILES string of the molecule is N#Cc1c(-c2c[nH]c3ccccc23)[nH]c(C(=O)c2ccc(Cl)cc2)c1-c1cccc2ccccc12. The van der Waals surface area contributed by atoms with Gasteiger partial charge in [0.05, 0.1) is 17.0 Å². The van der Waals surface area contributed by atoms with E-state index in [1.807, 2.05) is 72.9 Å². The number of carbonyl (C=O) groups excluding carboxylic acids is 1. The number of ketones is 1. The van der Waals surface area contributed by atoms with Crippen LogP contribution in [0.2, 0.25) is 5.02 Å². The van der Waals surface area contributed by atoms with Crippen LogP contribution < -0.4 is 0 Å². The molecule has 0 amide bonds. The second-order valence-electron chi connectivity index (χ2n) is 8.35. The number of nitrogens with one attached hydrogen (secondary N) is 2. The quantitative estimate of drug-likeness (QED) is 0.258. The molecule has 4 nitrogen and oxygen atoms in total. The van der Waals surface area contributed by atoms with E-state index < -0.39 is 0 Å². The van der Waals surface area contributed by atoms with Gasteiger partial charge in [-0.2, -0.15) is 5.26 Å². The minimum Gasteiger partial charge on any atom is -0.360 e. The Kier molecular flexibility index (Phi) is 4.99. The largest absolute Gasteiger partial charge is 0.360 e. The average molecular weight is 472 g/mol. The van der Waals surface area contributed by atoms with Gasteiger partial charge in [-0.05, 0) is 46.7 Å². The molecule has 0 saturated heterocycles. The van der Waals surface area contributed by atoms with Gasteiger partial charge in [0.2, 0.25) is 5.78 Å². The van der Waals surface area contributed by atoms with Crippen molar-refractivity contribution in [1.29, 1.82) is 5.26 Å². The lowest BCUT2D eigenvalue weighted by Gasteiger charge is -2.09. The number of hydrogen-bond donors (Lipinski definition) is 2. The average Bonchev–Trinajstić information content (AvgIpc) is 3.49. The summed E-state index contributed by atoms with van der Waals surface area (Å²) in [5.74, 6) is -0.202. The van der Waals surface area contributed by atoms with Crippen molar-refractivity contribution in [3.63, 3.8) is 0 Å². The third-order valence-electron chi connectivity index (χ3n) is 6.36. The molecule has 0 bridgehead atoms. The number of benzene rings is 4. The first-order chi connectivity index (χ1) is 17.2. The highest BCUT2D eigenvalue weighted by atomic mass is 35.5. The van der Waals surface area contributed by atoms with Gasteiger partial charge in [0.25, 0.3) is 0 Å². The summed E-state index contributed by atoms with van der Waals surface area (Å²) in [5, 5.41) is 13.9. The van der Waals surface area contributed by atoms with Crippen LogP contribution in [-0.4, -0.2) is 15.8 Å². The smallest absolute Gasteiger partial charge is 0.209 e. The number of carbonyl (C=O) groups is 1. The maximum absolute atomic E-state index is 13.8. The van der Waals surface area contributed by atoms with E-state index in [1.165, 1.54) is 0 Å². The summed E-state index contributed by atoms with van der Waals surface area (Å²) in [6.45, 7) is 0.